The lowest BCUT2D eigenvalue weighted by Crippen LogP contribution is -2.06. The lowest BCUT2D eigenvalue weighted by molar-refractivity contribution is 0.0686. The first-order valence-corrected chi connectivity index (χ1v) is 6.14. The molecule has 0 radical (unpaired) electrons. The number of rotatable bonds is 3. The largest absolute Gasteiger partial charge is 0.493 e. The highest BCUT2D eigenvalue weighted by molar-refractivity contribution is 7.16. The predicted octanol–water partition coefficient (Wildman–Crippen LogP) is 1.56. The summed E-state index contributed by atoms with van der Waals surface area (Å²) in [6.07, 6.45) is 4.77. The molecule has 0 aliphatic carbocycles. The summed E-state index contributed by atoms with van der Waals surface area (Å²) in [4.78, 5) is 20.1. The van der Waals surface area contributed by atoms with Gasteiger partial charge in [0.2, 0.25) is 0 Å². The Bertz CT molecular complexity index is 764. The lowest BCUT2D eigenvalue weighted by Gasteiger charge is -2.04. The zero-order chi connectivity index (χ0) is 13.4. The van der Waals surface area contributed by atoms with Crippen LogP contribution in [0.15, 0.2) is 24.0 Å². The zero-order valence-electron chi connectivity index (χ0n) is 9.77. The van der Waals surface area contributed by atoms with Crippen molar-refractivity contribution in [1.29, 1.82) is 0 Å². The quantitative estimate of drug-likeness (QED) is 0.780. The number of hydrogen-bond acceptors (Lipinski definition) is 6. The van der Waals surface area contributed by atoms with Crippen LogP contribution in [-0.4, -0.2) is 37.8 Å². The van der Waals surface area contributed by atoms with Crippen molar-refractivity contribution in [3.63, 3.8) is 0 Å². The molecule has 0 unspecified atom stereocenters. The summed E-state index contributed by atoms with van der Waals surface area (Å²) in [5.41, 5.74) is 0.531. The van der Waals surface area contributed by atoms with Crippen molar-refractivity contribution in [2.45, 2.75) is 0 Å². The molecule has 0 amide bonds. The number of carboxylic acids is 1. The summed E-state index contributed by atoms with van der Waals surface area (Å²) in [5, 5.41) is 15.1. The smallest absolute Gasteiger partial charge is 0.358 e. The van der Waals surface area contributed by atoms with Crippen LogP contribution in [0.3, 0.4) is 0 Å². The summed E-state index contributed by atoms with van der Waals surface area (Å²) >= 11 is 1.48. The molecule has 1 N–H and O–H groups in total. The molecule has 3 aromatic rings. The molecule has 3 heterocycles. The molecular weight excluding hydrogens is 268 g/mol. The fourth-order valence-corrected chi connectivity index (χ4v) is 2.48. The molecule has 0 saturated carbocycles. The van der Waals surface area contributed by atoms with Crippen molar-refractivity contribution >= 4 is 22.1 Å². The van der Waals surface area contributed by atoms with E-state index in [-0.39, 0.29) is 11.4 Å². The third kappa shape index (κ3) is 1.82. The highest BCUT2D eigenvalue weighted by atomic mass is 32.1. The SMILES string of the molecule is COc1cnc(-c2cnn3ccsc23)nc1C(=O)O. The van der Waals surface area contributed by atoms with Crippen LogP contribution in [0.2, 0.25) is 0 Å². The van der Waals surface area contributed by atoms with Gasteiger partial charge in [-0.1, -0.05) is 0 Å². The third-order valence-electron chi connectivity index (χ3n) is 2.55. The third-order valence-corrected chi connectivity index (χ3v) is 3.44. The Morgan fingerprint density at radius 1 is 1.47 bits per heavy atom. The second kappa shape index (κ2) is 4.32. The van der Waals surface area contributed by atoms with E-state index in [9.17, 15) is 4.79 Å². The summed E-state index contributed by atoms with van der Waals surface area (Å²) in [5.74, 6) is -0.711. The Balaban J connectivity index is 2.18. The fraction of sp³-hybridized carbons (Fsp3) is 0.0909. The second-order valence-corrected chi connectivity index (χ2v) is 4.52. The first-order valence-electron chi connectivity index (χ1n) is 5.26. The van der Waals surface area contributed by atoms with Gasteiger partial charge in [-0.3, -0.25) is 0 Å². The van der Waals surface area contributed by atoms with Gasteiger partial charge in [-0.2, -0.15) is 5.10 Å². The molecule has 0 spiro atoms. The van der Waals surface area contributed by atoms with Crippen LogP contribution >= 0.6 is 11.3 Å². The van der Waals surface area contributed by atoms with E-state index in [0.29, 0.717) is 11.4 Å². The van der Waals surface area contributed by atoms with Gasteiger partial charge >= 0.3 is 5.97 Å². The maximum atomic E-state index is 11.1. The Hall–Kier alpha value is -2.48. The van der Waals surface area contributed by atoms with E-state index >= 15 is 0 Å². The standard InChI is InChI=1S/C11H8N4O3S/c1-18-7-5-12-9(14-8(7)11(16)17)6-4-13-15-2-3-19-10(6)15/h2-5H,1H3,(H,16,17). The van der Waals surface area contributed by atoms with Gasteiger partial charge in [0.1, 0.15) is 4.83 Å². The topological polar surface area (TPSA) is 89.6 Å². The molecule has 3 rings (SSSR count). The minimum absolute atomic E-state index is 0.130. The van der Waals surface area contributed by atoms with Crippen molar-refractivity contribution in [3.05, 3.63) is 29.7 Å². The number of hydrogen-bond donors (Lipinski definition) is 1. The van der Waals surface area contributed by atoms with E-state index in [1.165, 1.54) is 24.6 Å². The number of ether oxygens (including phenoxy) is 1. The van der Waals surface area contributed by atoms with Crippen LogP contribution in [0.25, 0.3) is 16.2 Å². The van der Waals surface area contributed by atoms with E-state index in [4.69, 9.17) is 9.84 Å². The molecule has 8 heteroatoms. The fourth-order valence-electron chi connectivity index (χ4n) is 1.68. The van der Waals surface area contributed by atoms with E-state index < -0.39 is 5.97 Å². The van der Waals surface area contributed by atoms with E-state index in [0.717, 1.165) is 4.83 Å². The first-order chi connectivity index (χ1) is 9.20. The maximum absolute atomic E-state index is 11.1. The number of carboxylic acid groups (broad SMARTS) is 1. The number of nitrogens with zero attached hydrogens (tertiary/aromatic N) is 4. The van der Waals surface area contributed by atoms with Crippen molar-refractivity contribution in [3.8, 4) is 17.1 Å². The highest BCUT2D eigenvalue weighted by Gasteiger charge is 2.17. The van der Waals surface area contributed by atoms with Gasteiger partial charge in [0.25, 0.3) is 0 Å². The molecule has 0 atom stereocenters. The second-order valence-electron chi connectivity index (χ2n) is 3.63. The normalized spacial score (nSPS) is 10.8. The van der Waals surface area contributed by atoms with Gasteiger partial charge in [-0.25, -0.2) is 19.3 Å². The average molecular weight is 276 g/mol. The number of methoxy groups -OCH3 is 1. The molecule has 0 aliphatic heterocycles. The van der Waals surface area contributed by atoms with E-state index in [1.54, 1.807) is 10.7 Å². The van der Waals surface area contributed by atoms with Crippen LogP contribution in [0, 0.1) is 0 Å². The van der Waals surface area contributed by atoms with Crippen LogP contribution in [0.5, 0.6) is 5.75 Å². The van der Waals surface area contributed by atoms with Crippen molar-refractivity contribution in [2.75, 3.05) is 7.11 Å². The van der Waals surface area contributed by atoms with Crippen LogP contribution in [-0.2, 0) is 0 Å². The Morgan fingerprint density at radius 3 is 3.05 bits per heavy atom. The maximum Gasteiger partial charge on any atom is 0.358 e. The Morgan fingerprint density at radius 2 is 2.32 bits per heavy atom. The van der Waals surface area contributed by atoms with Crippen LogP contribution < -0.4 is 4.74 Å². The van der Waals surface area contributed by atoms with Crippen molar-refractivity contribution in [1.82, 2.24) is 19.6 Å². The van der Waals surface area contributed by atoms with Gasteiger partial charge < -0.3 is 9.84 Å². The molecule has 3 aromatic heterocycles. The highest BCUT2D eigenvalue weighted by Crippen LogP contribution is 2.26. The number of thiazole rings is 1. The van der Waals surface area contributed by atoms with Crippen molar-refractivity contribution in [2.24, 2.45) is 0 Å². The molecule has 0 bridgehead atoms. The lowest BCUT2D eigenvalue weighted by atomic mass is 10.3. The summed E-state index contributed by atoms with van der Waals surface area (Å²) in [7, 11) is 1.38. The predicted molar refractivity (Wildman–Crippen MR) is 67.6 cm³/mol. The number of aromatic carboxylic acids is 1. The number of fused-ring (bicyclic) bond motifs is 1. The van der Waals surface area contributed by atoms with Gasteiger partial charge in [0, 0.05) is 11.6 Å². The van der Waals surface area contributed by atoms with Gasteiger partial charge in [0.05, 0.1) is 25.1 Å². The molecule has 7 nitrogen and oxygen atoms in total. The van der Waals surface area contributed by atoms with Crippen LogP contribution in [0.1, 0.15) is 10.5 Å². The van der Waals surface area contributed by atoms with Gasteiger partial charge in [-0.15, -0.1) is 11.3 Å². The zero-order valence-corrected chi connectivity index (χ0v) is 10.6. The monoisotopic (exact) mass is 276 g/mol. The summed E-state index contributed by atoms with van der Waals surface area (Å²) in [6.45, 7) is 0. The minimum Gasteiger partial charge on any atom is -0.493 e. The molecule has 19 heavy (non-hydrogen) atoms. The van der Waals surface area contributed by atoms with Crippen molar-refractivity contribution < 1.29 is 14.6 Å². The first kappa shape index (κ1) is 11.6. The van der Waals surface area contributed by atoms with Gasteiger partial charge in [0.15, 0.2) is 17.3 Å². The summed E-state index contributed by atoms with van der Waals surface area (Å²) in [6, 6.07) is 0. The molecule has 0 saturated heterocycles. The van der Waals surface area contributed by atoms with E-state index in [2.05, 4.69) is 15.1 Å². The molecular formula is C11H8N4O3S. The minimum atomic E-state index is -1.16. The molecule has 0 fully saturated rings. The van der Waals surface area contributed by atoms with E-state index in [1.807, 2.05) is 11.6 Å². The average Bonchev–Trinajstić information content (AvgIpc) is 3.00. The number of aromatic nitrogens is 4. The molecule has 0 aliphatic rings. The molecule has 0 aromatic carbocycles. The number of carbonyl (C=O) groups is 1. The van der Waals surface area contributed by atoms with Crippen LogP contribution in [0.4, 0.5) is 0 Å². The Labute approximate surface area is 111 Å². The summed E-state index contributed by atoms with van der Waals surface area (Å²) < 4.78 is 6.62. The van der Waals surface area contributed by atoms with Gasteiger partial charge in [-0.05, 0) is 0 Å². The molecule has 96 valence electrons. The Kier molecular flexibility index (Phi) is 2.64.